The van der Waals surface area contributed by atoms with Crippen LogP contribution in [0.4, 0.5) is 0 Å². The smallest absolute Gasteiger partial charge is 0.179 e. The molecule has 1 heterocycles. The minimum Gasteiger partial charge on any atom is -0.208 e. The molecule has 3 nitrogen and oxygen atoms in total. The molecule has 0 fully saturated rings. The van der Waals surface area contributed by atoms with Crippen molar-refractivity contribution in [1.29, 1.82) is 0 Å². The van der Waals surface area contributed by atoms with Crippen molar-refractivity contribution in [3.63, 3.8) is 0 Å². The van der Waals surface area contributed by atoms with Gasteiger partial charge in [-0.3, -0.25) is 0 Å². The molecule has 0 saturated heterocycles. The van der Waals surface area contributed by atoms with Gasteiger partial charge in [0, 0.05) is 16.7 Å². The van der Waals surface area contributed by atoms with Crippen molar-refractivity contribution >= 4 is 57.6 Å². The molecule has 11 aromatic carbocycles. The van der Waals surface area contributed by atoms with E-state index in [1.54, 1.807) is 0 Å². The third kappa shape index (κ3) is 8.64. The molecule has 0 N–H and O–H groups in total. The first-order valence-electron chi connectivity index (χ1n) is 25.3. The molecule has 0 saturated carbocycles. The first kappa shape index (κ1) is 46.0. The highest BCUT2D eigenvalue weighted by Crippen LogP contribution is 2.27. The maximum atomic E-state index is 5.50. The van der Waals surface area contributed by atoms with E-state index in [2.05, 4.69) is 273 Å². The number of aromatic nitrogens is 3. The van der Waals surface area contributed by atoms with Crippen molar-refractivity contribution in [2.75, 3.05) is 0 Å². The molecule has 0 amide bonds. The highest BCUT2D eigenvalue weighted by molar-refractivity contribution is 7.22. The van der Waals surface area contributed by atoms with Gasteiger partial charge in [0.2, 0.25) is 0 Å². The second-order valence-electron chi connectivity index (χ2n) is 18.7. The predicted octanol–water partition coefficient (Wildman–Crippen LogP) is 11.0. The van der Waals surface area contributed by atoms with Gasteiger partial charge in [0.15, 0.2) is 33.6 Å². The minimum absolute atomic E-state index is 0.616. The van der Waals surface area contributed by atoms with E-state index in [0.717, 1.165) is 16.7 Å². The first-order valence-corrected chi connectivity index (χ1v) is 29.3. The zero-order valence-corrected chi connectivity index (χ0v) is 42.8. The second-order valence-corrected chi connectivity index (χ2v) is 26.3. The third-order valence-electron chi connectivity index (χ3n) is 14.4. The van der Waals surface area contributed by atoms with E-state index in [4.69, 9.17) is 15.0 Å². The van der Waals surface area contributed by atoms with E-state index in [-0.39, 0.29) is 0 Å². The fourth-order valence-electron chi connectivity index (χ4n) is 11.0. The Balaban J connectivity index is 1.26. The molecule has 5 heteroatoms. The molecule has 0 aliphatic carbocycles. The van der Waals surface area contributed by atoms with Gasteiger partial charge in [-0.15, -0.1) is 0 Å². The molecule has 0 unspecified atom stereocenters. The fourth-order valence-corrected chi connectivity index (χ4v) is 20.8. The highest BCUT2D eigenvalue weighted by Gasteiger charge is 2.46. The topological polar surface area (TPSA) is 38.7 Å². The van der Waals surface area contributed by atoms with Gasteiger partial charge in [0.25, 0.3) is 0 Å². The van der Waals surface area contributed by atoms with Crippen molar-refractivity contribution in [2.24, 2.45) is 0 Å². The maximum Gasteiger partial charge on any atom is 0.179 e. The zero-order valence-electron chi connectivity index (χ0n) is 40.8. The summed E-state index contributed by atoms with van der Waals surface area (Å²) < 4.78 is 0. The lowest BCUT2D eigenvalue weighted by Crippen LogP contribution is -2.78. The Morgan fingerprint density at radius 2 is 0.392 bits per heavy atom. The van der Waals surface area contributed by atoms with Gasteiger partial charge < -0.3 is 0 Å². The molecular weight excluding hydrogens is 927 g/mol. The summed E-state index contributed by atoms with van der Waals surface area (Å²) in [5, 5.41) is 10.2. The zero-order chi connectivity index (χ0) is 49.6. The molecule has 0 aliphatic rings. The molecule has 12 rings (SSSR count). The normalized spacial score (nSPS) is 11.5. The molecule has 350 valence electrons. The summed E-state index contributed by atoms with van der Waals surface area (Å²) in [7, 11) is -6.62. The van der Waals surface area contributed by atoms with Crippen LogP contribution in [0.3, 0.4) is 0 Å². The lowest BCUT2D eigenvalue weighted by Gasteiger charge is -2.38. The second kappa shape index (κ2) is 20.5. The Kier molecular flexibility index (Phi) is 12.8. The van der Waals surface area contributed by atoms with E-state index in [9.17, 15) is 0 Å². The average molecular weight is 978 g/mol. The fraction of sp³-hybridized carbons (Fsp3) is 0. The molecule has 0 bridgehead atoms. The van der Waals surface area contributed by atoms with Crippen molar-refractivity contribution in [1.82, 2.24) is 15.0 Å². The summed E-state index contributed by atoms with van der Waals surface area (Å²) in [6, 6.07) is 113. The van der Waals surface area contributed by atoms with Crippen LogP contribution in [0.5, 0.6) is 0 Å². The van der Waals surface area contributed by atoms with Crippen molar-refractivity contribution in [3.8, 4) is 56.4 Å². The Bertz CT molecular complexity index is 3480. The van der Waals surface area contributed by atoms with Crippen molar-refractivity contribution < 1.29 is 0 Å². The Hall–Kier alpha value is -9.14. The van der Waals surface area contributed by atoms with Gasteiger partial charge in [0.1, 0.15) is 0 Å². The molecule has 74 heavy (non-hydrogen) atoms. The van der Waals surface area contributed by atoms with Crippen LogP contribution >= 0.6 is 0 Å². The highest BCUT2D eigenvalue weighted by atomic mass is 28.3. The molecule has 1 aromatic heterocycles. The summed E-state index contributed by atoms with van der Waals surface area (Å²) >= 11 is 0. The molecule has 0 aliphatic heterocycles. The first-order chi connectivity index (χ1) is 36.7. The SMILES string of the molecule is c1ccc(-c2cccc([Si](c3ccccc3)(c3ccccc3)c3cc(-c4nc(-c5ccccc5)nc(-c5ccccc5)n4)cc([Si](c4ccccc4)(c4ccccc4)c4cccc(-c5ccccc5)c4)c3)c2)cc1. The van der Waals surface area contributed by atoms with Crippen LogP contribution < -0.4 is 41.5 Å². The molecule has 0 radical (unpaired) electrons. The van der Waals surface area contributed by atoms with E-state index >= 15 is 0 Å². The molecular formula is C69H51N3Si2. The van der Waals surface area contributed by atoms with Gasteiger partial charge in [-0.1, -0.05) is 309 Å². The van der Waals surface area contributed by atoms with E-state index in [0.29, 0.717) is 17.5 Å². The van der Waals surface area contributed by atoms with Crippen LogP contribution in [0.25, 0.3) is 56.4 Å². The van der Waals surface area contributed by atoms with Crippen LogP contribution in [-0.2, 0) is 0 Å². The third-order valence-corrected chi connectivity index (χ3v) is 23.9. The number of hydrogen-bond acceptors (Lipinski definition) is 3. The van der Waals surface area contributed by atoms with E-state index < -0.39 is 16.1 Å². The number of nitrogens with zero attached hydrogens (tertiary/aromatic N) is 3. The van der Waals surface area contributed by atoms with Crippen LogP contribution in [0.15, 0.2) is 309 Å². The van der Waals surface area contributed by atoms with Gasteiger partial charge in [0.05, 0.1) is 0 Å². The average Bonchev–Trinajstić information content (AvgIpc) is 3.50. The quantitative estimate of drug-likeness (QED) is 0.0854. The van der Waals surface area contributed by atoms with Crippen molar-refractivity contribution in [2.45, 2.75) is 0 Å². The van der Waals surface area contributed by atoms with Crippen LogP contribution in [-0.4, -0.2) is 31.1 Å². The lowest BCUT2D eigenvalue weighted by atomic mass is 10.1. The Morgan fingerprint density at radius 3 is 0.703 bits per heavy atom. The predicted molar refractivity (Wildman–Crippen MR) is 314 cm³/mol. The Morgan fingerprint density at radius 1 is 0.162 bits per heavy atom. The van der Waals surface area contributed by atoms with Crippen LogP contribution in [0.1, 0.15) is 0 Å². The summed E-state index contributed by atoms with van der Waals surface area (Å²) in [4.78, 5) is 16.2. The van der Waals surface area contributed by atoms with Gasteiger partial charge in [-0.25, -0.2) is 15.0 Å². The summed E-state index contributed by atoms with van der Waals surface area (Å²) in [6.45, 7) is 0. The Labute approximate surface area is 435 Å². The molecule has 12 aromatic rings. The van der Waals surface area contributed by atoms with Gasteiger partial charge >= 0.3 is 0 Å². The summed E-state index contributed by atoms with van der Waals surface area (Å²) in [5.41, 5.74) is 7.49. The lowest BCUT2D eigenvalue weighted by molar-refractivity contribution is 1.07. The number of rotatable bonds is 13. The molecule has 0 spiro atoms. The molecule has 0 atom stereocenters. The van der Waals surface area contributed by atoms with E-state index in [1.807, 2.05) is 36.4 Å². The van der Waals surface area contributed by atoms with Crippen LogP contribution in [0, 0.1) is 0 Å². The van der Waals surface area contributed by atoms with Crippen LogP contribution in [0.2, 0.25) is 0 Å². The largest absolute Gasteiger partial charge is 0.208 e. The minimum atomic E-state index is -3.31. The maximum absolute atomic E-state index is 5.50. The van der Waals surface area contributed by atoms with Crippen molar-refractivity contribution in [3.05, 3.63) is 309 Å². The van der Waals surface area contributed by atoms with Gasteiger partial charge in [-0.05, 0) is 63.7 Å². The van der Waals surface area contributed by atoms with Gasteiger partial charge in [-0.2, -0.15) is 0 Å². The number of benzene rings is 11. The summed E-state index contributed by atoms with van der Waals surface area (Å²) in [5.74, 6) is 1.86. The standard InChI is InChI=1S/C69H51N3Si2/c1-9-27-52(28-10-1)56-35-25-45-63(47-56)73(59-37-17-5-18-38-59,60-39-19-6-20-40-60)65-49-58(69-71-67(54-31-13-3-14-32-54)70-68(72-69)55-33-15-4-16-34-55)50-66(51-65)74(61-41-21-7-22-42-61,62-43-23-8-24-44-62)64-46-26-36-57(48-64)53-29-11-2-12-30-53/h1-51H. The number of hydrogen-bond donors (Lipinski definition) is 0. The monoisotopic (exact) mass is 977 g/mol. The summed E-state index contributed by atoms with van der Waals surface area (Å²) in [6.07, 6.45) is 0. The van der Waals surface area contributed by atoms with E-state index in [1.165, 1.54) is 63.7 Å².